The van der Waals surface area contributed by atoms with Crippen LogP contribution in [-0.4, -0.2) is 45.1 Å². The number of benzene rings is 2. The molecule has 0 spiro atoms. The number of alkyl halides is 2. The van der Waals surface area contributed by atoms with Crippen molar-refractivity contribution in [2.24, 2.45) is 7.05 Å². The van der Waals surface area contributed by atoms with Crippen LogP contribution in [0.5, 0.6) is 0 Å². The van der Waals surface area contributed by atoms with Crippen molar-refractivity contribution in [1.29, 1.82) is 0 Å². The van der Waals surface area contributed by atoms with Crippen LogP contribution in [0.1, 0.15) is 35.7 Å². The summed E-state index contributed by atoms with van der Waals surface area (Å²) in [7, 11) is -2.29. The molecule has 4 heterocycles. The lowest BCUT2D eigenvalue weighted by atomic mass is 9.73. The maximum absolute atomic E-state index is 13.7. The maximum atomic E-state index is 13.7. The van der Waals surface area contributed by atoms with E-state index in [1.807, 2.05) is 37.3 Å². The zero-order valence-corrected chi connectivity index (χ0v) is 24.9. The van der Waals surface area contributed by atoms with Crippen LogP contribution in [0.4, 0.5) is 8.78 Å². The number of nitrogens with zero attached hydrogens (tertiary/aromatic N) is 5. The fourth-order valence-electron chi connectivity index (χ4n) is 6.09. The summed E-state index contributed by atoms with van der Waals surface area (Å²) in [5.41, 5.74) is 3.59. The first-order valence-corrected chi connectivity index (χ1v) is 15.4. The van der Waals surface area contributed by atoms with Gasteiger partial charge in [-0.1, -0.05) is 30.3 Å². The number of pyridine rings is 2. The van der Waals surface area contributed by atoms with Gasteiger partial charge in [0.25, 0.3) is 5.92 Å². The van der Waals surface area contributed by atoms with E-state index >= 15 is 0 Å². The van der Waals surface area contributed by atoms with Gasteiger partial charge < -0.3 is 4.57 Å². The average Bonchev–Trinajstić information content (AvgIpc) is 3.59. The summed E-state index contributed by atoms with van der Waals surface area (Å²) >= 11 is 0. The van der Waals surface area contributed by atoms with Gasteiger partial charge in [-0.15, -0.1) is 0 Å². The zero-order valence-electron chi connectivity index (χ0n) is 24.0. The van der Waals surface area contributed by atoms with Crippen LogP contribution in [0, 0.1) is 6.92 Å². The summed E-state index contributed by atoms with van der Waals surface area (Å²) < 4.78 is 59.6. The number of rotatable bonds is 7. The monoisotopic (exact) mass is 603 g/mol. The molecule has 0 radical (unpaired) electrons. The highest BCUT2D eigenvalue weighted by molar-refractivity contribution is 7.89. The summed E-state index contributed by atoms with van der Waals surface area (Å²) in [6.07, 6.45) is 5.71. The largest absolute Gasteiger partial charge is 0.316 e. The van der Waals surface area contributed by atoms with E-state index in [0.717, 1.165) is 52.5 Å². The van der Waals surface area contributed by atoms with Crippen LogP contribution in [0.25, 0.3) is 16.6 Å². The van der Waals surface area contributed by atoms with E-state index in [1.54, 1.807) is 30.2 Å². The summed E-state index contributed by atoms with van der Waals surface area (Å²) in [4.78, 5) is 15.6. The third-order valence-electron chi connectivity index (χ3n) is 8.33. The van der Waals surface area contributed by atoms with Gasteiger partial charge in [0, 0.05) is 56.3 Å². The Labute approximate surface area is 248 Å². The highest BCUT2D eigenvalue weighted by atomic mass is 32.2. The van der Waals surface area contributed by atoms with E-state index in [9.17, 15) is 22.0 Å². The van der Waals surface area contributed by atoms with Crippen molar-refractivity contribution in [1.82, 2.24) is 23.6 Å². The zero-order chi connectivity index (χ0) is 30.6. The fraction of sp³-hybridized carbons (Fsp3) is 0.281. The molecule has 0 amide bonds. The smallest absolute Gasteiger partial charge is 0.286 e. The second kappa shape index (κ2) is 10.5. The molecule has 11 heteroatoms. The second-order valence-electron chi connectivity index (χ2n) is 11.4. The van der Waals surface area contributed by atoms with E-state index in [0.29, 0.717) is 12.8 Å². The molecule has 5 aromatic rings. The lowest BCUT2D eigenvalue weighted by Gasteiger charge is -2.32. The molecule has 6 rings (SSSR count). The van der Waals surface area contributed by atoms with Gasteiger partial charge in [0.1, 0.15) is 10.6 Å². The molecule has 1 atom stereocenters. The Morgan fingerprint density at radius 1 is 1.02 bits per heavy atom. The van der Waals surface area contributed by atoms with Crippen molar-refractivity contribution in [2.45, 2.75) is 42.9 Å². The summed E-state index contributed by atoms with van der Waals surface area (Å²) in [6.45, 7) is 3.24. The average molecular weight is 604 g/mol. The predicted octanol–water partition coefficient (Wildman–Crippen LogP) is 5.11. The molecule has 0 N–H and O–H groups in total. The Hall–Kier alpha value is -4.22. The molecule has 2 aromatic carbocycles. The van der Waals surface area contributed by atoms with Crippen LogP contribution >= 0.6 is 0 Å². The Bertz CT molecular complexity index is 1980. The molecular formula is C32H31F2N5O3S. The number of fused-ring (bicyclic) bond motifs is 1. The standard InChI is InChI=1S/C32H31F2N5O3S/c1-22-15-28-24(18-36-39(28)25-9-12-30(40)37(3)20-25)16-27(22)32(17-23-7-5-4-6-8-23)13-14-38(21-32)43(41,42)26-10-11-29(35-19-26)31(2,33)34/h4-12,15-16,18-20H,13-14,17,21H2,1-3H3. The molecule has 1 aliphatic heterocycles. The van der Waals surface area contributed by atoms with E-state index in [1.165, 1.54) is 21.0 Å². The van der Waals surface area contributed by atoms with Gasteiger partial charge in [0.05, 0.1) is 17.4 Å². The molecule has 1 saturated heterocycles. The normalized spacial score (nSPS) is 18.0. The summed E-state index contributed by atoms with van der Waals surface area (Å²) in [5.74, 6) is -3.16. The van der Waals surface area contributed by atoms with Crippen molar-refractivity contribution in [3.8, 4) is 5.69 Å². The third-order valence-corrected chi connectivity index (χ3v) is 10.2. The molecule has 1 fully saturated rings. The van der Waals surface area contributed by atoms with Crippen molar-refractivity contribution < 1.29 is 17.2 Å². The van der Waals surface area contributed by atoms with Gasteiger partial charge in [0.15, 0.2) is 0 Å². The summed E-state index contributed by atoms with van der Waals surface area (Å²) in [6, 6.07) is 19.6. The van der Waals surface area contributed by atoms with Gasteiger partial charge in [-0.05, 0) is 66.8 Å². The Morgan fingerprint density at radius 3 is 2.47 bits per heavy atom. The minimum absolute atomic E-state index is 0.110. The fourth-order valence-corrected chi connectivity index (χ4v) is 7.56. The second-order valence-corrected chi connectivity index (χ2v) is 13.4. The van der Waals surface area contributed by atoms with Crippen molar-refractivity contribution >= 4 is 20.9 Å². The SMILES string of the molecule is Cc1cc2c(cnn2-c2ccc(=O)n(C)c2)cc1C1(Cc2ccccc2)CCN(S(=O)(=O)c2ccc(C(C)(F)F)nc2)C1. The molecule has 0 bridgehead atoms. The van der Waals surface area contributed by atoms with E-state index in [4.69, 9.17) is 0 Å². The lowest BCUT2D eigenvalue weighted by Crippen LogP contribution is -2.36. The molecule has 0 saturated carbocycles. The van der Waals surface area contributed by atoms with Gasteiger partial charge in [0.2, 0.25) is 15.6 Å². The number of halogens is 2. The highest BCUT2D eigenvalue weighted by Crippen LogP contribution is 2.42. The van der Waals surface area contributed by atoms with Crippen LogP contribution in [0.15, 0.2) is 95.0 Å². The van der Waals surface area contributed by atoms with E-state index in [-0.39, 0.29) is 23.5 Å². The number of hydrogen-bond donors (Lipinski definition) is 0. The predicted molar refractivity (Wildman–Crippen MR) is 160 cm³/mol. The molecule has 43 heavy (non-hydrogen) atoms. The van der Waals surface area contributed by atoms with Crippen LogP contribution in [0.2, 0.25) is 0 Å². The molecule has 3 aromatic heterocycles. The number of aryl methyl sites for hydroxylation is 2. The molecular weight excluding hydrogens is 572 g/mol. The minimum Gasteiger partial charge on any atom is -0.316 e. The minimum atomic E-state index is -3.99. The van der Waals surface area contributed by atoms with Gasteiger partial charge in [-0.2, -0.15) is 18.2 Å². The summed E-state index contributed by atoms with van der Waals surface area (Å²) in [5, 5.41) is 5.50. The number of hydrogen-bond acceptors (Lipinski definition) is 5. The Morgan fingerprint density at radius 2 is 1.79 bits per heavy atom. The Kier molecular flexibility index (Phi) is 7.05. The third kappa shape index (κ3) is 5.27. The van der Waals surface area contributed by atoms with Crippen molar-refractivity contribution in [3.63, 3.8) is 0 Å². The van der Waals surface area contributed by atoms with Crippen molar-refractivity contribution in [3.05, 3.63) is 118 Å². The number of aromatic nitrogens is 4. The van der Waals surface area contributed by atoms with Crippen molar-refractivity contribution in [2.75, 3.05) is 13.1 Å². The maximum Gasteiger partial charge on any atom is 0.286 e. The first-order valence-electron chi connectivity index (χ1n) is 13.9. The van der Waals surface area contributed by atoms with E-state index < -0.39 is 27.1 Å². The topological polar surface area (TPSA) is 90.1 Å². The molecule has 1 unspecified atom stereocenters. The van der Waals surface area contributed by atoms with Crippen LogP contribution in [-0.2, 0) is 34.8 Å². The van der Waals surface area contributed by atoms with Gasteiger partial charge in [-0.3, -0.25) is 9.78 Å². The molecule has 222 valence electrons. The lowest BCUT2D eigenvalue weighted by molar-refractivity contribution is 0.0126. The molecule has 0 aliphatic carbocycles. The quantitative estimate of drug-likeness (QED) is 0.258. The Balaban J connectivity index is 1.41. The van der Waals surface area contributed by atoms with Gasteiger partial charge in [-0.25, -0.2) is 13.1 Å². The number of sulfonamides is 1. The van der Waals surface area contributed by atoms with Crippen LogP contribution < -0.4 is 5.56 Å². The van der Waals surface area contributed by atoms with Gasteiger partial charge >= 0.3 is 0 Å². The van der Waals surface area contributed by atoms with Crippen LogP contribution in [0.3, 0.4) is 0 Å². The van der Waals surface area contributed by atoms with E-state index in [2.05, 4.69) is 22.2 Å². The first kappa shape index (κ1) is 28.9. The molecule has 1 aliphatic rings. The molecule has 8 nitrogen and oxygen atoms in total. The highest BCUT2D eigenvalue weighted by Gasteiger charge is 2.45. The first-order chi connectivity index (χ1) is 20.4.